The van der Waals surface area contributed by atoms with Gasteiger partial charge in [-0.2, -0.15) is 16.8 Å². The van der Waals surface area contributed by atoms with E-state index in [1.807, 2.05) is 0 Å². The van der Waals surface area contributed by atoms with E-state index in [9.17, 15) is 21.6 Å². The van der Waals surface area contributed by atoms with Gasteiger partial charge in [0.15, 0.2) is 0 Å². The first-order chi connectivity index (χ1) is 10.7. The summed E-state index contributed by atoms with van der Waals surface area (Å²) in [5.41, 5.74) is -0.671. The van der Waals surface area contributed by atoms with E-state index < -0.39 is 44.0 Å². The molecule has 0 aromatic rings. The first kappa shape index (κ1) is 21.1. The fraction of sp³-hybridized carbons (Fsp3) is 0.923. The zero-order chi connectivity index (χ0) is 18.8. The van der Waals surface area contributed by atoms with Gasteiger partial charge >= 0.3 is 6.09 Å². The Labute approximate surface area is 143 Å². The van der Waals surface area contributed by atoms with E-state index in [2.05, 4.69) is 0 Å². The molecule has 2 atom stereocenters. The molecular formula is C13H25NO8S2. The molecule has 11 heteroatoms. The molecule has 1 aliphatic heterocycles. The van der Waals surface area contributed by atoms with Gasteiger partial charge in [-0.05, 0) is 27.2 Å². The number of hydrogen-bond donors (Lipinski definition) is 0. The Bertz CT molecular complexity index is 650. The van der Waals surface area contributed by atoms with E-state index in [1.165, 1.54) is 4.90 Å². The third-order valence-electron chi connectivity index (χ3n) is 3.11. The molecule has 1 saturated heterocycles. The normalized spacial score (nSPS) is 23.1. The van der Waals surface area contributed by atoms with E-state index in [4.69, 9.17) is 13.1 Å². The van der Waals surface area contributed by atoms with E-state index in [0.29, 0.717) is 0 Å². The van der Waals surface area contributed by atoms with Crippen LogP contribution in [0.3, 0.4) is 0 Å². The molecule has 9 nitrogen and oxygen atoms in total. The summed E-state index contributed by atoms with van der Waals surface area (Å²) in [6, 6.07) is 0. The Hall–Kier alpha value is -0.910. The minimum atomic E-state index is -3.72. The van der Waals surface area contributed by atoms with Gasteiger partial charge in [-0.25, -0.2) is 4.79 Å². The van der Waals surface area contributed by atoms with Crippen molar-refractivity contribution in [3.8, 4) is 0 Å². The number of amides is 1. The zero-order valence-electron chi connectivity index (χ0n) is 14.5. The predicted molar refractivity (Wildman–Crippen MR) is 86.4 cm³/mol. The maximum Gasteiger partial charge on any atom is 0.410 e. The van der Waals surface area contributed by atoms with Crippen molar-refractivity contribution in [1.29, 1.82) is 0 Å². The number of likely N-dealkylation sites (tertiary alicyclic amines) is 1. The lowest BCUT2D eigenvalue weighted by molar-refractivity contribution is -0.00813. The number of ether oxygens (including phenoxy) is 1. The molecule has 0 N–H and O–H groups in total. The molecular weight excluding hydrogens is 362 g/mol. The lowest BCUT2D eigenvalue weighted by Crippen LogP contribution is -2.50. The van der Waals surface area contributed by atoms with Crippen LogP contribution in [-0.4, -0.2) is 71.7 Å². The molecule has 0 aromatic heterocycles. The molecule has 0 spiro atoms. The summed E-state index contributed by atoms with van der Waals surface area (Å²) in [4.78, 5) is 13.5. The van der Waals surface area contributed by atoms with Crippen molar-refractivity contribution in [3.05, 3.63) is 0 Å². The molecule has 1 fully saturated rings. The molecule has 142 valence electrons. The first-order valence-electron chi connectivity index (χ1n) is 7.37. The van der Waals surface area contributed by atoms with Crippen LogP contribution in [0.25, 0.3) is 0 Å². The lowest BCUT2D eigenvalue weighted by Gasteiger charge is -2.37. The summed E-state index contributed by atoms with van der Waals surface area (Å²) >= 11 is 0. The minimum absolute atomic E-state index is 0.0740. The predicted octanol–water partition coefficient (Wildman–Crippen LogP) is 0.564. The maximum atomic E-state index is 12.1. The zero-order valence-corrected chi connectivity index (χ0v) is 16.1. The smallest absolute Gasteiger partial charge is 0.410 e. The summed E-state index contributed by atoms with van der Waals surface area (Å²) in [6.45, 7) is 5.23. The van der Waals surface area contributed by atoms with Crippen LogP contribution in [0.2, 0.25) is 0 Å². The lowest BCUT2D eigenvalue weighted by atomic mass is 9.96. The van der Waals surface area contributed by atoms with E-state index in [-0.39, 0.29) is 26.1 Å². The summed E-state index contributed by atoms with van der Waals surface area (Å²) < 4.78 is 60.1. The number of rotatable bonds is 5. The average Bonchev–Trinajstić information content (AvgIpc) is 2.32. The van der Waals surface area contributed by atoms with Crippen LogP contribution in [0.5, 0.6) is 0 Å². The van der Waals surface area contributed by atoms with Crippen LogP contribution in [0.1, 0.15) is 27.2 Å². The molecule has 24 heavy (non-hydrogen) atoms. The molecule has 1 heterocycles. The quantitative estimate of drug-likeness (QED) is 0.628. The van der Waals surface area contributed by atoms with Gasteiger partial charge in [0.2, 0.25) is 0 Å². The topological polar surface area (TPSA) is 116 Å². The summed E-state index contributed by atoms with van der Waals surface area (Å²) in [7, 11) is -7.41. The molecule has 0 bridgehead atoms. The molecule has 1 aliphatic rings. The molecule has 0 unspecified atom stereocenters. The second-order valence-electron chi connectivity index (χ2n) is 6.80. The highest BCUT2D eigenvalue weighted by atomic mass is 32.2. The van der Waals surface area contributed by atoms with E-state index in [1.54, 1.807) is 20.8 Å². The summed E-state index contributed by atoms with van der Waals surface area (Å²) in [6.07, 6.45) is 0.727. The van der Waals surface area contributed by atoms with Gasteiger partial charge in [0, 0.05) is 19.0 Å². The van der Waals surface area contributed by atoms with Gasteiger partial charge in [-0.3, -0.25) is 8.37 Å². The van der Waals surface area contributed by atoms with Crippen LogP contribution in [0.4, 0.5) is 4.79 Å². The highest BCUT2D eigenvalue weighted by Crippen LogP contribution is 2.24. The fourth-order valence-electron chi connectivity index (χ4n) is 2.23. The maximum absolute atomic E-state index is 12.1. The van der Waals surface area contributed by atoms with Crippen LogP contribution in [0.15, 0.2) is 0 Å². The Morgan fingerprint density at radius 2 is 1.71 bits per heavy atom. The molecule has 1 rings (SSSR count). The highest BCUT2D eigenvalue weighted by molar-refractivity contribution is 7.86. The molecule has 0 aliphatic carbocycles. The van der Waals surface area contributed by atoms with Crippen molar-refractivity contribution in [3.63, 3.8) is 0 Å². The van der Waals surface area contributed by atoms with Crippen molar-refractivity contribution in [1.82, 2.24) is 4.90 Å². The van der Waals surface area contributed by atoms with Crippen molar-refractivity contribution < 1.29 is 34.7 Å². The first-order valence-corrected chi connectivity index (χ1v) is 11.0. The molecule has 0 saturated carbocycles. The van der Waals surface area contributed by atoms with Crippen LogP contribution in [0, 0.1) is 5.92 Å². The number of carbonyl (C=O) groups excluding carboxylic acids is 1. The monoisotopic (exact) mass is 387 g/mol. The molecule has 0 aromatic carbocycles. The van der Waals surface area contributed by atoms with Gasteiger partial charge in [0.25, 0.3) is 20.2 Å². The molecule has 0 radical (unpaired) electrons. The van der Waals surface area contributed by atoms with Crippen molar-refractivity contribution in [2.24, 2.45) is 5.92 Å². The van der Waals surface area contributed by atoms with Crippen molar-refractivity contribution in [2.45, 2.75) is 38.9 Å². The number of carbonyl (C=O) groups is 1. The summed E-state index contributed by atoms with van der Waals surface area (Å²) in [5, 5.41) is 0. The van der Waals surface area contributed by atoms with Gasteiger partial charge < -0.3 is 9.64 Å². The second kappa shape index (κ2) is 7.54. The number of piperidine rings is 1. The van der Waals surface area contributed by atoms with E-state index in [0.717, 1.165) is 12.5 Å². The van der Waals surface area contributed by atoms with Gasteiger partial charge in [-0.1, -0.05) is 0 Å². The third kappa shape index (κ3) is 8.27. The number of nitrogens with zero attached hydrogens (tertiary/aromatic N) is 1. The van der Waals surface area contributed by atoms with Crippen LogP contribution < -0.4 is 0 Å². The van der Waals surface area contributed by atoms with Gasteiger partial charge in [0.1, 0.15) is 5.60 Å². The Morgan fingerprint density at radius 3 is 2.17 bits per heavy atom. The Morgan fingerprint density at radius 1 is 1.12 bits per heavy atom. The average molecular weight is 387 g/mol. The van der Waals surface area contributed by atoms with E-state index >= 15 is 0 Å². The third-order valence-corrected chi connectivity index (χ3v) is 4.27. The van der Waals surface area contributed by atoms with Gasteiger partial charge in [-0.15, -0.1) is 0 Å². The number of hydrogen-bond acceptors (Lipinski definition) is 8. The van der Waals surface area contributed by atoms with Crippen LogP contribution >= 0.6 is 0 Å². The Balaban J connectivity index is 2.83. The van der Waals surface area contributed by atoms with Crippen molar-refractivity contribution >= 4 is 26.3 Å². The second-order valence-corrected chi connectivity index (χ2v) is 10.0. The standard InChI is InChI=1S/C13H25NO8S2/c1-13(2,3)21-12(15)14-7-6-11(22-24(5,18)19)10(8-14)9-20-23(4,16)17/h10-11H,6-9H2,1-5H3/t10-,11-/m1/s1. The highest BCUT2D eigenvalue weighted by Gasteiger charge is 2.36. The Kier molecular flexibility index (Phi) is 6.64. The fourth-order valence-corrected chi connectivity index (χ4v) is 3.35. The van der Waals surface area contributed by atoms with Crippen molar-refractivity contribution in [2.75, 3.05) is 32.2 Å². The summed E-state index contributed by atoms with van der Waals surface area (Å²) in [5.74, 6) is -0.615. The van der Waals surface area contributed by atoms with Gasteiger partial charge in [0.05, 0.1) is 25.2 Å². The molecule has 1 amide bonds. The minimum Gasteiger partial charge on any atom is -0.444 e. The van der Waals surface area contributed by atoms with Crippen LogP contribution in [-0.2, 0) is 33.3 Å². The largest absolute Gasteiger partial charge is 0.444 e. The SMILES string of the molecule is CC(C)(C)OC(=O)N1CC[C@@H](OS(C)(=O)=O)[C@@H](COS(C)(=O)=O)C1.